The molecule has 3 fully saturated rings. The maximum atomic E-state index is 10.8. The van der Waals surface area contributed by atoms with Crippen LogP contribution in [-0.4, -0.2) is 17.5 Å². The summed E-state index contributed by atoms with van der Waals surface area (Å²) < 4.78 is 0. The van der Waals surface area contributed by atoms with Gasteiger partial charge in [0.25, 0.3) is 0 Å². The minimum atomic E-state index is -0.0615. The van der Waals surface area contributed by atoms with E-state index in [0.717, 1.165) is 49.7 Å². The molecule has 0 spiro atoms. The Hall–Kier alpha value is -0.630. The summed E-state index contributed by atoms with van der Waals surface area (Å²) in [6.45, 7) is 7.48. The molecule has 0 saturated heterocycles. The Kier molecular flexibility index (Phi) is 4.87. The highest BCUT2D eigenvalue weighted by molar-refractivity contribution is 5.49. The predicted molar refractivity (Wildman–Crippen MR) is 106 cm³/mol. The minimum Gasteiger partial charge on any atom is -0.393 e. The average Bonchev–Trinajstić information content (AvgIpc) is 2.97. The molecule has 0 radical (unpaired) electrons. The first kappa shape index (κ1) is 18.7. The monoisotopic (exact) mass is 358 g/mol. The molecule has 0 aliphatic heterocycles. The zero-order valence-electron chi connectivity index (χ0n) is 17.0. The summed E-state index contributed by atoms with van der Waals surface area (Å²) in [6.07, 6.45) is 15.3. The van der Waals surface area contributed by atoms with E-state index in [0.29, 0.717) is 22.7 Å². The van der Waals surface area contributed by atoms with Crippen LogP contribution in [0, 0.1) is 40.4 Å². The first-order valence-electron chi connectivity index (χ1n) is 11.2. The van der Waals surface area contributed by atoms with Crippen LogP contribution in [-0.2, 0) is 4.79 Å². The molecule has 1 unspecified atom stereocenters. The normalized spacial score (nSPS) is 48.8. The summed E-state index contributed by atoms with van der Waals surface area (Å²) >= 11 is 0. The van der Waals surface area contributed by atoms with Crippen molar-refractivity contribution in [2.24, 2.45) is 40.4 Å². The van der Waals surface area contributed by atoms with Gasteiger partial charge in [0.15, 0.2) is 0 Å². The quantitative estimate of drug-likeness (QED) is 0.529. The number of aliphatic hydroxyl groups is 1. The Morgan fingerprint density at radius 3 is 2.81 bits per heavy atom. The Morgan fingerprint density at radius 1 is 1.23 bits per heavy atom. The molecular formula is C24H38O2. The van der Waals surface area contributed by atoms with Crippen molar-refractivity contribution in [3.8, 4) is 0 Å². The fraction of sp³-hybridized carbons (Fsp3) is 0.875. The Balaban J connectivity index is 1.59. The van der Waals surface area contributed by atoms with Crippen molar-refractivity contribution in [2.75, 3.05) is 0 Å². The highest BCUT2D eigenvalue weighted by atomic mass is 16.3. The van der Waals surface area contributed by atoms with E-state index in [4.69, 9.17) is 0 Å². The lowest BCUT2D eigenvalue weighted by Gasteiger charge is -2.57. The van der Waals surface area contributed by atoms with Gasteiger partial charge in [-0.3, -0.25) is 0 Å². The van der Waals surface area contributed by atoms with Gasteiger partial charge in [-0.15, -0.1) is 0 Å². The molecule has 0 heterocycles. The summed E-state index contributed by atoms with van der Waals surface area (Å²) in [5, 5.41) is 10.2. The molecule has 1 N–H and O–H groups in total. The second kappa shape index (κ2) is 6.76. The lowest BCUT2D eigenvalue weighted by molar-refractivity contribution is -0.108. The molecule has 0 amide bonds. The fourth-order valence-corrected chi connectivity index (χ4v) is 8.01. The van der Waals surface area contributed by atoms with E-state index in [1.165, 1.54) is 38.5 Å². The van der Waals surface area contributed by atoms with Gasteiger partial charge in [-0.05, 0) is 98.2 Å². The lowest BCUT2D eigenvalue weighted by Crippen LogP contribution is -2.48. The van der Waals surface area contributed by atoms with E-state index in [9.17, 15) is 9.90 Å². The zero-order valence-corrected chi connectivity index (χ0v) is 17.0. The van der Waals surface area contributed by atoms with E-state index >= 15 is 0 Å². The van der Waals surface area contributed by atoms with Crippen molar-refractivity contribution in [1.29, 1.82) is 0 Å². The highest BCUT2D eigenvalue weighted by Crippen LogP contribution is 2.66. The molecule has 26 heavy (non-hydrogen) atoms. The van der Waals surface area contributed by atoms with Gasteiger partial charge in [-0.2, -0.15) is 0 Å². The molecule has 0 aromatic heterocycles. The SMILES string of the molecule is C[C@H](CCC=O)C1CC[C@H]2[C@@H]3CC[C@@H]4C[C@H](O)CC[C@]4(C)C3=CC[C@]12C. The van der Waals surface area contributed by atoms with Gasteiger partial charge in [0.2, 0.25) is 0 Å². The van der Waals surface area contributed by atoms with Crippen LogP contribution in [0.5, 0.6) is 0 Å². The van der Waals surface area contributed by atoms with Gasteiger partial charge >= 0.3 is 0 Å². The van der Waals surface area contributed by atoms with Crippen molar-refractivity contribution in [1.82, 2.24) is 0 Å². The van der Waals surface area contributed by atoms with Crippen LogP contribution in [0.2, 0.25) is 0 Å². The first-order valence-corrected chi connectivity index (χ1v) is 11.2. The molecule has 8 atom stereocenters. The standard InChI is InChI=1S/C24H38O2/c1-16(5-4-14-25)20-8-9-21-19-7-6-17-15-18(26)10-12-23(17,2)22(19)11-13-24(20,21)3/h11,14,16-21,26H,4-10,12-13,15H2,1-3H3/t16-,17-,18-,19+,20?,21+,23+,24-/m1/s1. The smallest absolute Gasteiger partial charge is 0.120 e. The summed E-state index contributed by atoms with van der Waals surface area (Å²) in [7, 11) is 0. The van der Waals surface area contributed by atoms with E-state index in [1.807, 2.05) is 0 Å². The topological polar surface area (TPSA) is 37.3 Å². The number of rotatable bonds is 4. The summed E-state index contributed by atoms with van der Waals surface area (Å²) in [5.74, 6) is 3.78. The Labute approximate surface area is 159 Å². The number of aliphatic hydroxyl groups excluding tert-OH is 1. The molecule has 4 rings (SSSR count). The van der Waals surface area contributed by atoms with Crippen LogP contribution in [0.15, 0.2) is 11.6 Å². The third kappa shape index (κ3) is 2.74. The second-order valence-electron chi connectivity index (χ2n) is 10.6. The summed E-state index contributed by atoms with van der Waals surface area (Å²) in [4.78, 5) is 10.8. The van der Waals surface area contributed by atoms with Crippen molar-refractivity contribution in [3.05, 3.63) is 11.6 Å². The number of carbonyl (C=O) groups is 1. The predicted octanol–water partition coefficient (Wildman–Crippen LogP) is 5.54. The van der Waals surface area contributed by atoms with E-state index in [-0.39, 0.29) is 6.10 Å². The number of allylic oxidation sites excluding steroid dienone is 2. The van der Waals surface area contributed by atoms with Gasteiger partial charge < -0.3 is 9.90 Å². The van der Waals surface area contributed by atoms with Crippen LogP contribution in [0.3, 0.4) is 0 Å². The fourth-order valence-electron chi connectivity index (χ4n) is 8.01. The number of aldehydes is 1. The van der Waals surface area contributed by atoms with Crippen molar-refractivity contribution >= 4 is 6.29 Å². The summed E-state index contributed by atoms with van der Waals surface area (Å²) in [5.41, 5.74) is 2.57. The van der Waals surface area contributed by atoms with Crippen molar-refractivity contribution < 1.29 is 9.90 Å². The molecule has 0 aromatic rings. The van der Waals surface area contributed by atoms with E-state index in [2.05, 4.69) is 26.8 Å². The maximum Gasteiger partial charge on any atom is 0.120 e. The number of hydrogen-bond donors (Lipinski definition) is 1. The van der Waals surface area contributed by atoms with Gasteiger partial charge in [0.05, 0.1) is 6.10 Å². The molecule has 2 nitrogen and oxygen atoms in total. The van der Waals surface area contributed by atoms with Crippen LogP contribution in [0.25, 0.3) is 0 Å². The number of fused-ring (bicyclic) bond motifs is 5. The third-order valence-corrected chi connectivity index (χ3v) is 9.50. The molecule has 4 aliphatic rings. The molecule has 146 valence electrons. The van der Waals surface area contributed by atoms with E-state index in [1.54, 1.807) is 5.57 Å². The Bertz CT molecular complexity index is 581. The van der Waals surface area contributed by atoms with Gasteiger partial charge in [-0.1, -0.05) is 32.4 Å². The Morgan fingerprint density at radius 2 is 2.04 bits per heavy atom. The largest absolute Gasteiger partial charge is 0.393 e. The lowest BCUT2D eigenvalue weighted by atomic mass is 9.48. The first-order chi connectivity index (χ1) is 12.4. The molecule has 3 saturated carbocycles. The summed E-state index contributed by atoms with van der Waals surface area (Å²) in [6, 6.07) is 0. The number of carbonyl (C=O) groups excluding carboxylic acids is 1. The third-order valence-electron chi connectivity index (χ3n) is 9.50. The molecule has 0 aromatic carbocycles. The van der Waals surface area contributed by atoms with E-state index < -0.39 is 0 Å². The highest BCUT2D eigenvalue weighted by Gasteiger charge is 2.57. The van der Waals surface area contributed by atoms with Gasteiger partial charge in [0, 0.05) is 6.42 Å². The van der Waals surface area contributed by atoms with Crippen molar-refractivity contribution in [3.63, 3.8) is 0 Å². The van der Waals surface area contributed by atoms with Gasteiger partial charge in [-0.25, -0.2) is 0 Å². The van der Waals surface area contributed by atoms with Gasteiger partial charge in [0.1, 0.15) is 6.29 Å². The average molecular weight is 359 g/mol. The number of hydrogen-bond acceptors (Lipinski definition) is 2. The molecule has 0 bridgehead atoms. The van der Waals surface area contributed by atoms with Crippen LogP contribution >= 0.6 is 0 Å². The minimum absolute atomic E-state index is 0.0615. The molecular weight excluding hydrogens is 320 g/mol. The van der Waals surface area contributed by atoms with Crippen molar-refractivity contribution in [2.45, 2.75) is 91.1 Å². The molecule has 4 aliphatic carbocycles. The van der Waals surface area contributed by atoms with Crippen LogP contribution < -0.4 is 0 Å². The molecule has 2 heteroatoms. The second-order valence-corrected chi connectivity index (χ2v) is 10.6. The van der Waals surface area contributed by atoms with Crippen LogP contribution in [0.1, 0.15) is 85.0 Å². The maximum absolute atomic E-state index is 10.8. The van der Waals surface area contributed by atoms with Crippen LogP contribution in [0.4, 0.5) is 0 Å². The zero-order chi connectivity index (χ0) is 18.5.